The molecule has 21 heavy (non-hydrogen) atoms. The van der Waals surface area contributed by atoms with E-state index in [-0.39, 0.29) is 5.91 Å². The molecular formula is C16H20N2O2S. The van der Waals surface area contributed by atoms with Crippen molar-refractivity contribution in [3.63, 3.8) is 0 Å². The lowest BCUT2D eigenvalue weighted by molar-refractivity contribution is -0.121. The van der Waals surface area contributed by atoms with Crippen LogP contribution in [0.4, 0.5) is 0 Å². The van der Waals surface area contributed by atoms with Crippen molar-refractivity contribution in [2.45, 2.75) is 39.3 Å². The Balaban J connectivity index is 1.88. The van der Waals surface area contributed by atoms with Gasteiger partial charge in [0.05, 0.1) is 22.2 Å². The molecule has 0 aliphatic heterocycles. The molecule has 1 amide bonds. The summed E-state index contributed by atoms with van der Waals surface area (Å²) in [5.41, 5.74) is 5.10. The number of rotatable bonds is 6. The molecule has 1 aromatic heterocycles. The van der Waals surface area contributed by atoms with Crippen LogP contribution in [0.25, 0.3) is 10.4 Å². The number of hydrogen-bond acceptors (Lipinski definition) is 4. The van der Waals surface area contributed by atoms with Gasteiger partial charge in [0, 0.05) is 13.0 Å². The minimum atomic E-state index is -0.433. The largest absolute Gasteiger partial charge is 0.393 e. The SMILES string of the molecule is Cc1ncsc1-c1ccc(CNC(=O)CCC(C)O)cc1. The van der Waals surface area contributed by atoms with E-state index in [1.165, 1.54) is 4.88 Å². The van der Waals surface area contributed by atoms with Crippen LogP contribution >= 0.6 is 11.3 Å². The Morgan fingerprint density at radius 2 is 2.10 bits per heavy atom. The minimum absolute atomic E-state index is 0.0294. The number of carbonyl (C=O) groups is 1. The molecule has 0 fully saturated rings. The van der Waals surface area contributed by atoms with E-state index in [4.69, 9.17) is 5.11 Å². The molecule has 1 aromatic carbocycles. The third kappa shape index (κ3) is 4.65. The lowest BCUT2D eigenvalue weighted by atomic mass is 10.1. The molecule has 4 nitrogen and oxygen atoms in total. The summed E-state index contributed by atoms with van der Waals surface area (Å²) in [7, 11) is 0. The Morgan fingerprint density at radius 3 is 2.67 bits per heavy atom. The molecule has 0 saturated heterocycles. The van der Waals surface area contributed by atoms with Gasteiger partial charge in [-0.15, -0.1) is 11.3 Å². The standard InChI is InChI=1S/C16H20N2O2S/c1-11(19)3-8-15(20)17-9-13-4-6-14(7-5-13)16-12(2)18-10-21-16/h4-7,10-11,19H,3,8-9H2,1-2H3,(H,17,20). The number of aromatic nitrogens is 1. The van der Waals surface area contributed by atoms with Crippen LogP contribution in [0.5, 0.6) is 0 Å². The fourth-order valence-corrected chi connectivity index (χ4v) is 2.79. The van der Waals surface area contributed by atoms with Crippen molar-refractivity contribution in [3.05, 3.63) is 41.0 Å². The molecule has 2 N–H and O–H groups in total. The van der Waals surface area contributed by atoms with Gasteiger partial charge >= 0.3 is 0 Å². The van der Waals surface area contributed by atoms with E-state index in [0.717, 1.165) is 16.8 Å². The fraction of sp³-hybridized carbons (Fsp3) is 0.375. The molecule has 2 aromatic rings. The second-order valence-corrected chi connectivity index (χ2v) is 5.98. The third-order valence-corrected chi connectivity index (χ3v) is 4.22. The smallest absolute Gasteiger partial charge is 0.220 e. The predicted octanol–water partition coefficient (Wildman–Crippen LogP) is 2.90. The van der Waals surface area contributed by atoms with Crippen LogP contribution in [0.2, 0.25) is 0 Å². The average molecular weight is 304 g/mol. The van der Waals surface area contributed by atoms with Crippen molar-refractivity contribution < 1.29 is 9.90 Å². The van der Waals surface area contributed by atoms with E-state index in [2.05, 4.69) is 22.4 Å². The molecule has 0 aliphatic carbocycles. The number of aryl methyl sites for hydroxylation is 1. The number of hydrogen-bond donors (Lipinski definition) is 2. The van der Waals surface area contributed by atoms with Gasteiger partial charge in [-0.25, -0.2) is 4.98 Å². The van der Waals surface area contributed by atoms with Crippen molar-refractivity contribution in [1.29, 1.82) is 0 Å². The van der Waals surface area contributed by atoms with Crippen LogP contribution in [-0.4, -0.2) is 22.1 Å². The first-order valence-corrected chi connectivity index (χ1v) is 7.88. The molecule has 112 valence electrons. The summed E-state index contributed by atoms with van der Waals surface area (Å²) in [6, 6.07) is 8.14. The van der Waals surface area contributed by atoms with Gasteiger partial charge in [-0.3, -0.25) is 4.79 Å². The highest BCUT2D eigenvalue weighted by Gasteiger charge is 2.06. The van der Waals surface area contributed by atoms with Crippen LogP contribution in [0.1, 0.15) is 31.0 Å². The van der Waals surface area contributed by atoms with E-state index < -0.39 is 6.10 Å². The number of aliphatic hydroxyl groups excluding tert-OH is 1. The Bertz CT molecular complexity index is 591. The maximum absolute atomic E-state index is 11.6. The number of nitrogens with one attached hydrogen (secondary N) is 1. The number of carbonyl (C=O) groups excluding carboxylic acids is 1. The zero-order chi connectivity index (χ0) is 15.2. The minimum Gasteiger partial charge on any atom is -0.393 e. The monoisotopic (exact) mass is 304 g/mol. The lowest BCUT2D eigenvalue weighted by Crippen LogP contribution is -2.23. The summed E-state index contributed by atoms with van der Waals surface area (Å²) in [5, 5.41) is 12.0. The second-order valence-electron chi connectivity index (χ2n) is 5.13. The highest BCUT2D eigenvalue weighted by molar-refractivity contribution is 7.13. The topological polar surface area (TPSA) is 62.2 Å². The number of nitrogens with zero attached hydrogens (tertiary/aromatic N) is 1. The highest BCUT2D eigenvalue weighted by atomic mass is 32.1. The number of aliphatic hydroxyl groups is 1. The van der Waals surface area contributed by atoms with Gasteiger partial charge in [0.25, 0.3) is 0 Å². The van der Waals surface area contributed by atoms with Crippen LogP contribution in [0.15, 0.2) is 29.8 Å². The van der Waals surface area contributed by atoms with E-state index in [9.17, 15) is 4.79 Å². The fourth-order valence-electron chi connectivity index (χ4n) is 1.98. The van der Waals surface area contributed by atoms with Crippen LogP contribution in [0.3, 0.4) is 0 Å². The molecule has 0 saturated carbocycles. The summed E-state index contributed by atoms with van der Waals surface area (Å²) in [5.74, 6) is -0.0294. The van der Waals surface area contributed by atoms with Crippen LogP contribution < -0.4 is 5.32 Å². The van der Waals surface area contributed by atoms with Gasteiger partial charge in [0.1, 0.15) is 0 Å². The first kappa shape index (κ1) is 15.7. The molecule has 0 radical (unpaired) electrons. The third-order valence-electron chi connectivity index (χ3n) is 3.24. The van der Waals surface area contributed by atoms with Crippen LogP contribution in [0, 0.1) is 6.92 Å². The molecule has 0 bridgehead atoms. The molecule has 0 aliphatic rings. The van der Waals surface area contributed by atoms with E-state index in [1.807, 2.05) is 24.6 Å². The van der Waals surface area contributed by atoms with Crippen molar-refractivity contribution in [2.24, 2.45) is 0 Å². The zero-order valence-corrected chi connectivity index (χ0v) is 13.1. The molecular weight excluding hydrogens is 284 g/mol. The van der Waals surface area contributed by atoms with E-state index in [0.29, 0.717) is 19.4 Å². The van der Waals surface area contributed by atoms with Crippen molar-refractivity contribution in [2.75, 3.05) is 0 Å². The zero-order valence-electron chi connectivity index (χ0n) is 12.3. The van der Waals surface area contributed by atoms with Gasteiger partial charge in [-0.1, -0.05) is 24.3 Å². The van der Waals surface area contributed by atoms with Crippen molar-refractivity contribution >= 4 is 17.2 Å². The van der Waals surface area contributed by atoms with Crippen LogP contribution in [-0.2, 0) is 11.3 Å². The molecule has 1 heterocycles. The first-order chi connectivity index (χ1) is 10.1. The predicted molar refractivity (Wildman–Crippen MR) is 85.0 cm³/mol. The summed E-state index contributed by atoms with van der Waals surface area (Å²) >= 11 is 1.63. The van der Waals surface area contributed by atoms with Gasteiger partial charge in [-0.2, -0.15) is 0 Å². The molecule has 2 rings (SSSR count). The molecule has 0 spiro atoms. The Kier molecular flexibility index (Phi) is 5.47. The Morgan fingerprint density at radius 1 is 1.38 bits per heavy atom. The lowest BCUT2D eigenvalue weighted by Gasteiger charge is -2.07. The van der Waals surface area contributed by atoms with Gasteiger partial charge in [-0.05, 0) is 31.4 Å². The Labute approximate surface area is 128 Å². The quantitative estimate of drug-likeness (QED) is 0.862. The number of amides is 1. The number of benzene rings is 1. The maximum atomic E-state index is 11.6. The van der Waals surface area contributed by atoms with E-state index in [1.54, 1.807) is 18.3 Å². The van der Waals surface area contributed by atoms with Crippen molar-refractivity contribution in [3.8, 4) is 10.4 Å². The maximum Gasteiger partial charge on any atom is 0.220 e. The van der Waals surface area contributed by atoms with E-state index >= 15 is 0 Å². The van der Waals surface area contributed by atoms with Gasteiger partial charge < -0.3 is 10.4 Å². The molecule has 5 heteroatoms. The second kappa shape index (κ2) is 7.33. The van der Waals surface area contributed by atoms with Crippen molar-refractivity contribution in [1.82, 2.24) is 10.3 Å². The number of thiazole rings is 1. The average Bonchev–Trinajstić information content (AvgIpc) is 2.89. The highest BCUT2D eigenvalue weighted by Crippen LogP contribution is 2.27. The summed E-state index contributed by atoms with van der Waals surface area (Å²) in [6.07, 6.45) is 0.420. The molecule has 1 atom stereocenters. The molecule has 1 unspecified atom stereocenters. The summed E-state index contributed by atoms with van der Waals surface area (Å²) < 4.78 is 0. The van der Waals surface area contributed by atoms with Gasteiger partial charge in [0.2, 0.25) is 5.91 Å². The summed E-state index contributed by atoms with van der Waals surface area (Å²) in [6.45, 7) is 4.20. The summed E-state index contributed by atoms with van der Waals surface area (Å²) in [4.78, 5) is 17.0. The first-order valence-electron chi connectivity index (χ1n) is 7.00. The normalized spacial score (nSPS) is 12.1. The van der Waals surface area contributed by atoms with Gasteiger partial charge in [0.15, 0.2) is 0 Å². The Hall–Kier alpha value is -1.72.